The van der Waals surface area contributed by atoms with Gasteiger partial charge in [0.1, 0.15) is 5.75 Å². The van der Waals surface area contributed by atoms with Crippen molar-refractivity contribution in [2.45, 2.75) is 19.3 Å². The van der Waals surface area contributed by atoms with Crippen LogP contribution in [0.5, 0.6) is 5.75 Å². The van der Waals surface area contributed by atoms with Crippen molar-refractivity contribution in [1.82, 2.24) is 4.67 Å². The third-order valence-electron chi connectivity index (χ3n) is 5.69. The first-order valence-corrected chi connectivity index (χ1v) is 12.1. The van der Waals surface area contributed by atoms with Crippen LogP contribution in [0.1, 0.15) is 28.7 Å². The second-order valence-electron chi connectivity index (χ2n) is 7.66. The number of hydrogen-bond acceptors (Lipinski definition) is 3. The van der Waals surface area contributed by atoms with Gasteiger partial charge in [-0.25, -0.2) is 9.24 Å². The molecule has 3 aromatic rings. The molecular weight excluding hydrogens is 405 g/mol. The molecule has 160 valence electrons. The fourth-order valence-corrected chi connectivity index (χ4v) is 5.26. The summed E-state index contributed by atoms with van der Waals surface area (Å²) in [6.07, 6.45) is 5.05. The number of rotatable bonds is 7. The first kappa shape index (κ1) is 21.6. The minimum absolute atomic E-state index is 0.532. The van der Waals surface area contributed by atoms with E-state index in [0.717, 1.165) is 19.3 Å². The molecule has 0 heterocycles. The van der Waals surface area contributed by atoms with E-state index in [1.54, 1.807) is 23.9 Å². The predicted octanol–water partition coefficient (Wildman–Crippen LogP) is 6.37. The van der Waals surface area contributed by atoms with Gasteiger partial charge in [-0.15, -0.1) is 0 Å². The van der Waals surface area contributed by atoms with Crippen molar-refractivity contribution < 1.29 is 13.6 Å². The first-order chi connectivity index (χ1) is 15.1. The lowest BCUT2D eigenvalue weighted by atomic mass is 9.93. The molecule has 0 saturated heterocycles. The summed E-state index contributed by atoms with van der Waals surface area (Å²) in [5.74, 6) is 0.532. The predicted molar refractivity (Wildman–Crippen MR) is 126 cm³/mol. The molecular formula is C26H28NO3P. The summed E-state index contributed by atoms with van der Waals surface area (Å²) < 4.78 is 26.0. The summed E-state index contributed by atoms with van der Waals surface area (Å²) in [6.45, 7) is 0.547. The van der Waals surface area contributed by atoms with E-state index in [0.29, 0.717) is 12.3 Å². The van der Waals surface area contributed by atoms with Crippen LogP contribution in [-0.2, 0) is 21.9 Å². The van der Waals surface area contributed by atoms with Crippen molar-refractivity contribution in [3.63, 3.8) is 0 Å². The minimum Gasteiger partial charge on any atom is -0.413 e. The Labute approximate surface area is 184 Å². The summed E-state index contributed by atoms with van der Waals surface area (Å²) >= 11 is 0. The number of fused-ring (bicyclic) bond motifs is 2. The molecule has 0 radical (unpaired) electrons. The highest BCUT2D eigenvalue weighted by atomic mass is 31.2. The number of hydrogen-bond donors (Lipinski definition) is 0. The number of nitrogens with zero attached hydrogens (tertiary/aromatic N) is 1. The maximum atomic E-state index is 13.2. The van der Waals surface area contributed by atoms with Crippen LogP contribution >= 0.6 is 7.75 Å². The van der Waals surface area contributed by atoms with Crippen LogP contribution in [0.4, 0.5) is 0 Å². The first-order valence-electron chi connectivity index (χ1n) is 10.6. The lowest BCUT2D eigenvalue weighted by Crippen LogP contribution is -2.20. The molecule has 0 saturated carbocycles. The molecule has 4 nitrogen and oxygen atoms in total. The highest BCUT2D eigenvalue weighted by Gasteiger charge is 2.30. The van der Waals surface area contributed by atoms with Crippen LogP contribution in [0.3, 0.4) is 0 Å². The standard InChI is InChI=1S/C26H28NO3P/c1-27(31(28,29-2)30-23-13-4-3-5-14-23)20-10-17-26-24-15-8-6-11-21(24)18-19-22-12-7-9-16-25(22)26/h3-9,11-17H,10,18-20H2,1-2H3. The van der Waals surface area contributed by atoms with E-state index in [2.05, 4.69) is 54.6 Å². The molecule has 3 aromatic carbocycles. The quantitative estimate of drug-likeness (QED) is 0.406. The summed E-state index contributed by atoms with van der Waals surface area (Å²) in [5, 5.41) is 0. The van der Waals surface area contributed by atoms with Gasteiger partial charge < -0.3 is 4.52 Å². The van der Waals surface area contributed by atoms with Gasteiger partial charge in [0.2, 0.25) is 0 Å². The Morgan fingerprint density at radius 3 is 2.00 bits per heavy atom. The molecule has 1 unspecified atom stereocenters. The van der Waals surface area contributed by atoms with Crippen LogP contribution < -0.4 is 4.52 Å². The Bertz CT molecular complexity index is 1060. The highest BCUT2D eigenvalue weighted by molar-refractivity contribution is 7.51. The third-order valence-corrected chi connectivity index (χ3v) is 7.63. The van der Waals surface area contributed by atoms with Crippen molar-refractivity contribution in [3.8, 4) is 5.75 Å². The molecule has 1 aliphatic rings. The monoisotopic (exact) mass is 433 g/mol. The van der Waals surface area contributed by atoms with Crippen molar-refractivity contribution in [1.29, 1.82) is 0 Å². The van der Waals surface area contributed by atoms with Crippen LogP contribution in [0.25, 0.3) is 5.57 Å². The van der Waals surface area contributed by atoms with E-state index in [4.69, 9.17) is 9.05 Å². The van der Waals surface area contributed by atoms with E-state index >= 15 is 0 Å². The number of benzene rings is 3. The Kier molecular flexibility index (Phi) is 6.72. The topological polar surface area (TPSA) is 38.8 Å². The fraction of sp³-hybridized carbons (Fsp3) is 0.231. The normalized spacial score (nSPS) is 14.9. The van der Waals surface area contributed by atoms with Gasteiger partial charge in [0, 0.05) is 13.7 Å². The Balaban J connectivity index is 1.56. The lowest BCUT2D eigenvalue weighted by molar-refractivity contribution is 0.260. The van der Waals surface area contributed by atoms with Crippen molar-refractivity contribution in [2.24, 2.45) is 0 Å². The third kappa shape index (κ3) is 4.83. The van der Waals surface area contributed by atoms with Gasteiger partial charge in [-0.1, -0.05) is 72.8 Å². The van der Waals surface area contributed by atoms with Gasteiger partial charge in [-0.3, -0.25) is 4.52 Å². The van der Waals surface area contributed by atoms with Gasteiger partial charge in [0.15, 0.2) is 0 Å². The number of aryl methyl sites for hydroxylation is 2. The lowest BCUT2D eigenvalue weighted by Gasteiger charge is -2.25. The Hall–Kier alpha value is -2.65. The van der Waals surface area contributed by atoms with Crippen LogP contribution in [0.2, 0.25) is 0 Å². The largest absolute Gasteiger partial charge is 0.460 e. The average Bonchev–Trinajstić information content (AvgIpc) is 2.97. The van der Waals surface area contributed by atoms with Gasteiger partial charge in [0.25, 0.3) is 0 Å². The molecule has 0 spiro atoms. The highest BCUT2D eigenvalue weighted by Crippen LogP contribution is 2.50. The zero-order valence-electron chi connectivity index (χ0n) is 18.0. The van der Waals surface area contributed by atoms with E-state index in [1.807, 2.05) is 18.2 Å². The van der Waals surface area contributed by atoms with Gasteiger partial charge in [-0.2, -0.15) is 0 Å². The van der Waals surface area contributed by atoms with Gasteiger partial charge >= 0.3 is 7.75 Å². The maximum Gasteiger partial charge on any atom is 0.460 e. The fourth-order valence-electron chi connectivity index (χ4n) is 4.02. The molecule has 4 rings (SSSR count). The average molecular weight is 433 g/mol. The molecule has 0 N–H and O–H groups in total. The van der Waals surface area contributed by atoms with E-state index < -0.39 is 7.75 Å². The Morgan fingerprint density at radius 2 is 1.42 bits per heavy atom. The second-order valence-corrected chi connectivity index (χ2v) is 9.83. The molecule has 0 bridgehead atoms. The van der Waals surface area contributed by atoms with Crippen molar-refractivity contribution in [2.75, 3.05) is 20.7 Å². The van der Waals surface area contributed by atoms with Gasteiger partial charge in [0.05, 0.1) is 0 Å². The zero-order valence-corrected chi connectivity index (χ0v) is 18.9. The minimum atomic E-state index is -3.42. The smallest absolute Gasteiger partial charge is 0.413 e. The molecule has 1 atom stereocenters. The molecule has 0 amide bonds. The van der Waals surface area contributed by atoms with Crippen molar-refractivity contribution >= 4 is 13.3 Å². The van der Waals surface area contributed by atoms with E-state index in [-0.39, 0.29) is 0 Å². The maximum absolute atomic E-state index is 13.2. The molecule has 0 aliphatic heterocycles. The molecule has 0 aromatic heterocycles. The number of para-hydroxylation sites is 1. The molecule has 31 heavy (non-hydrogen) atoms. The van der Waals surface area contributed by atoms with Crippen molar-refractivity contribution in [3.05, 3.63) is 107 Å². The molecule has 1 aliphatic carbocycles. The van der Waals surface area contributed by atoms with E-state index in [9.17, 15) is 4.57 Å². The molecule has 5 heteroatoms. The Morgan fingerprint density at radius 1 is 0.871 bits per heavy atom. The van der Waals surface area contributed by atoms with Gasteiger partial charge in [-0.05, 0) is 66.3 Å². The summed E-state index contributed by atoms with van der Waals surface area (Å²) in [4.78, 5) is 0. The van der Waals surface area contributed by atoms with Crippen LogP contribution in [-0.4, -0.2) is 25.4 Å². The molecule has 0 fully saturated rings. The summed E-state index contributed by atoms with van der Waals surface area (Å²) in [5.41, 5.74) is 6.55. The SMILES string of the molecule is COP(=O)(Oc1ccccc1)N(C)CCC=C1c2ccccc2CCc2ccccc21. The van der Waals surface area contributed by atoms with E-state index in [1.165, 1.54) is 34.9 Å². The van der Waals surface area contributed by atoms with Crippen LogP contribution in [0, 0.1) is 0 Å². The zero-order chi connectivity index (χ0) is 21.7. The van der Waals surface area contributed by atoms with Crippen LogP contribution in [0.15, 0.2) is 84.9 Å². The summed E-state index contributed by atoms with van der Waals surface area (Å²) in [7, 11) is -0.214. The second kappa shape index (κ2) is 9.65. The summed E-state index contributed by atoms with van der Waals surface area (Å²) in [6, 6.07) is 26.4.